The first kappa shape index (κ1) is 15.2. The monoisotopic (exact) mass is 248 g/mol. The quantitative estimate of drug-likeness (QED) is 0.710. The van der Waals surface area contributed by atoms with Crippen molar-refractivity contribution < 1.29 is 9.22 Å². The summed E-state index contributed by atoms with van der Waals surface area (Å²) in [4.78, 5) is 10.8. The average molecular weight is 248 g/mol. The van der Waals surface area contributed by atoms with E-state index >= 15 is 0 Å². The second-order valence-electron chi connectivity index (χ2n) is 5.49. The van der Waals surface area contributed by atoms with Gasteiger partial charge in [0.05, 0.1) is 6.10 Å². The highest BCUT2D eigenvalue weighted by molar-refractivity contribution is 8.13. The molecule has 0 N–H and O–H groups in total. The van der Waals surface area contributed by atoms with Crippen LogP contribution in [0.1, 0.15) is 34.6 Å². The molecule has 15 heavy (non-hydrogen) atoms. The Morgan fingerprint density at radius 1 is 1.40 bits per heavy atom. The Kier molecular flexibility index (Phi) is 5.58. The van der Waals surface area contributed by atoms with Gasteiger partial charge in [-0.05, 0) is 25.1 Å². The van der Waals surface area contributed by atoms with E-state index in [2.05, 4.69) is 40.8 Å². The van der Waals surface area contributed by atoms with E-state index in [1.54, 1.807) is 6.92 Å². The van der Waals surface area contributed by atoms with E-state index in [1.165, 1.54) is 11.8 Å². The Balaban J connectivity index is 4.16. The van der Waals surface area contributed by atoms with Gasteiger partial charge in [-0.15, -0.1) is 0 Å². The Labute approximate surface area is 99.3 Å². The van der Waals surface area contributed by atoms with Gasteiger partial charge < -0.3 is 4.43 Å². The summed E-state index contributed by atoms with van der Waals surface area (Å²) < 4.78 is 6.12. The van der Waals surface area contributed by atoms with Gasteiger partial charge in [0.25, 0.3) is 0 Å². The Morgan fingerprint density at radius 2 is 1.87 bits per heavy atom. The summed E-state index contributed by atoms with van der Waals surface area (Å²) in [7, 11) is -1.66. The van der Waals surface area contributed by atoms with Gasteiger partial charge in [0.1, 0.15) is 0 Å². The van der Waals surface area contributed by atoms with Crippen LogP contribution in [0.15, 0.2) is 0 Å². The van der Waals surface area contributed by atoms with E-state index in [1.807, 2.05) is 0 Å². The van der Waals surface area contributed by atoms with Crippen molar-refractivity contribution in [2.24, 2.45) is 0 Å². The molecule has 0 aromatic heterocycles. The van der Waals surface area contributed by atoms with Crippen molar-refractivity contribution in [3.63, 3.8) is 0 Å². The second kappa shape index (κ2) is 5.50. The molecule has 4 heteroatoms. The van der Waals surface area contributed by atoms with Crippen molar-refractivity contribution in [1.29, 1.82) is 0 Å². The van der Waals surface area contributed by atoms with E-state index in [0.29, 0.717) is 0 Å². The number of rotatable bonds is 4. The highest BCUT2D eigenvalue weighted by Gasteiger charge is 2.38. The normalized spacial score (nSPS) is 15.1. The van der Waals surface area contributed by atoms with Crippen molar-refractivity contribution in [2.75, 3.05) is 5.75 Å². The minimum absolute atomic E-state index is 0.166. The molecule has 90 valence electrons. The largest absolute Gasteiger partial charge is 0.413 e. The van der Waals surface area contributed by atoms with Crippen LogP contribution in [-0.2, 0) is 9.22 Å². The molecule has 0 radical (unpaired) electrons. The van der Waals surface area contributed by atoms with Crippen molar-refractivity contribution in [2.45, 2.75) is 58.9 Å². The molecular weight excluding hydrogens is 224 g/mol. The molecule has 0 amide bonds. The summed E-state index contributed by atoms with van der Waals surface area (Å²) in [5, 5.41) is 0.406. The first-order chi connectivity index (χ1) is 6.56. The molecule has 0 aromatic rings. The molecule has 0 spiro atoms. The third-order valence-electron chi connectivity index (χ3n) is 2.82. The third-order valence-corrected chi connectivity index (χ3v) is 8.47. The average Bonchev–Trinajstić information content (AvgIpc) is 1.97. The van der Waals surface area contributed by atoms with Gasteiger partial charge in [-0.25, -0.2) is 0 Å². The molecule has 0 bridgehead atoms. The van der Waals surface area contributed by atoms with Gasteiger partial charge in [-0.1, -0.05) is 32.5 Å². The molecule has 0 aliphatic heterocycles. The molecular formula is C11H24O2SSi. The van der Waals surface area contributed by atoms with E-state index < -0.39 is 8.32 Å². The molecule has 1 unspecified atom stereocenters. The Morgan fingerprint density at radius 3 is 2.20 bits per heavy atom. The molecule has 0 heterocycles. The highest BCUT2D eigenvalue weighted by Crippen LogP contribution is 2.37. The van der Waals surface area contributed by atoms with Crippen molar-refractivity contribution >= 4 is 25.2 Å². The SMILES string of the molecule is CC(=O)SCC(C)O[Si](C)(C)C(C)(C)C. The molecule has 0 aliphatic carbocycles. The summed E-state index contributed by atoms with van der Waals surface area (Å²) in [5.74, 6) is 0.766. The first-order valence-electron chi connectivity index (χ1n) is 5.37. The van der Waals surface area contributed by atoms with Crippen molar-refractivity contribution in [3.05, 3.63) is 0 Å². The van der Waals surface area contributed by atoms with Crippen LogP contribution in [0.4, 0.5) is 0 Å². The zero-order chi connectivity index (χ0) is 12.3. The molecule has 0 saturated heterocycles. The fourth-order valence-electron chi connectivity index (χ4n) is 0.948. The van der Waals surface area contributed by atoms with Crippen LogP contribution in [0.25, 0.3) is 0 Å². The molecule has 0 fully saturated rings. The van der Waals surface area contributed by atoms with Crippen LogP contribution in [0, 0.1) is 0 Å². The number of carbonyl (C=O) groups excluding carboxylic acids is 1. The zero-order valence-electron chi connectivity index (χ0n) is 11.0. The summed E-state index contributed by atoms with van der Waals surface area (Å²) in [5.41, 5.74) is 0. The van der Waals surface area contributed by atoms with Gasteiger partial charge in [-0.2, -0.15) is 0 Å². The zero-order valence-corrected chi connectivity index (χ0v) is 12.8. The summed E-state index contributed by atoms with van der Waals surface area (Å²) in [6.45, 7) is 14.8. The van der Waals surface area contributed by atoms with Gasteiger partial charge in [0.2, 0.25) is 0 Å². The fourth-order valence-corrected chi connectivity index (χ4v) is 3.05. The lowest BCUT2D eigenvalue weighted by atomic mass is 10.2. The summed E-state index contributed by atoms with van der Waals surface area (Å²) >= 11 is 1.35. The molecule has 1 atom stereocenters. The van der Waals surface area contributed by atoms with Gasteiger partial charge in [-0.3, -0.25) is 4.79 Å². The Bertz CT molecular complexity index is 221. The maximum absolute atomic E-state index is 10.8. The van der Waals surface area contributed by atoms with Crippen LogP contribution in [0.3, 0.4) is 0 Å². The van der Waals surface area contributed by atoms with Gasteiger partial charge in [0.15, 0.2) is 13.4 Å². The van der Waals surface area contributed by atoms with Crippen LogP contribution < -0.4 is 0 Å². The maximum Gasteiger partial charge on any atom is 0.192 e. The lowest BCUT2D eigenvalue weighted by molar-refractivity contribution is -0.109. The summed E-state index contributed by atoms with van der Waals surface area (Å²) in [6, 6.07) is 0. The molecule has 0 rings (SSSR count). The lowest BCUT2D eigenvalue weighted by Crippen LogP contribution is -2.43. The predicted octanol–water partition coefficient (Wildman–Crippen LogP) is 3.68. The number of hydrogen-bond acceptors (Lipinski definition) is 3. The minimum atomic E-state index is -1.66. The van der Waals surface area contributed by atoms with Gasteiger partial charge in [0, 0.05) is 12.7 Å². The molecule has 0 aliphatic rings. The third kappa shape index (κ3) is 5.73. The van der Waals surface area contributed by atoms with E-state index in [9.17, 15) is 4.79 Å². The second-order valence-corrected chi connectivity index (χ2v) is 11.4. The van der Waals surface area contributed by atoms with Crippen molar-refractivity contribution in [3.8, 4) is 0 Å². The standard InChI is InChI=1S/C11H24O2SSi/c1-9(8-14-10(2)12)13-15(6,7)11(3,4)5/h9H,8H2,1-7H3. The van der Waals surface area contributed by atoms with Crippen LogP contribution in [-0.4, -0.2) is 25.3 Å². The van der Waals surface area contributed by atoms with Gasteiger partial charge >= 0.3 is 0 Å². The maximum atomic E-state index is 10.8. The topological polar surface area (TPSA) is 26.3 Å². The fraction of sp³-hybridized carbons (Fsp3) is 0.909. The van der Waals surface area contributed by atoms with Crippen molar-refractivity contribution in [1.82, 2.24) is 0 Å². The van der Waals surface area contributed by atoms with Crippen LogP contribution in [0.5, 0.6) is 0 Å². The van der Waals surface area contributed by atoms with E-state index in [4.69, 9.17) is 4.43 Å². The molecule has 0 aromatic carbocycles. The molecule has 2 nitrogen and oxygen atoms in total. The first-order valence-corrected chi connectivity index (χ1v) is 9.27. The van der Waals surface area contributed by atoms with E-state index in [0.717, 1.165) is 5.75 Å². The highest BCUT2D eigenvalue weighted by atomic mass is 32.2. The smallest absolute Gasteiger partial charge is 0.192 e. The van der Waals surface area contributed by atoms with E-state index in [-0.39, 0.29) is 16.3 Å². The number of carbonyl (C=O) groups is 1. The van der Waals surface area contributed by atoms with Crippen LogP contribution in [0.2, 0.25) is 18.1 Å². The summed E-state index contributed by atoms with van der Waals surface area (Å²) in [6.07, 6.45) is 0.166. The number of thioether (sulfide) groups is 1. The number of hydrogen-bond donors (Lipinski definition) is 0. The predicted molar refractivity (Wildman–Crippen MR) is 70.9 cm³/mol. The Hall–Kier alpha value is 0.197. The molecule has 0 saturated carbocycles. The minimum Gasteiger partial charge on any atom is -0.413 e. The lowest BCUT2D eigenvalue weighted by Gasteiger charge is -2.38. The van der Waals surface area contributed by atoms with Crippen LogP contribution >= 0.6 is 11.8 Å².